The van der Waals surface area contributed by atoms with Crippen LogP contribution in [0.1, 0.15) is 47.5 Å². The van der Waals surface area contributed by atoms with Gasteiger partial charge in [-0.15, -0.1) is 0 Å². The highest BCUT2D eigenvalue weighted by atomic mass is 16.6. The van der Waals surface area contributed by atoms with E-state index in [9.17, 15) is 9.90 Å². The lowest BCUT2D eigenvalue weighted by Gasteiger charge is -2.36. The van der Waals surface area contributed by atoms with Crippen LogP contribution >= 0.6 is 0 Å². The zero-order valence-corrected chi connectivity index (χ0v) is 12.1. The van der Waals surface area contributed by atoms with E-state index in [2.05, 4.69) is 34.6 Å². The molecule has 4 heteroatoms. The van der Waals surface area contributed by atoms with Crippen molar-refractivity contribution in [1.29, 1.82) is 0 Å². The van der Waals surface area contributed by atoms with Crippen LogP contribution in [0, 0.1) is 17.3 Å². The molecule has 0 aliphatic carbocycles. The van der Waals surface area contributed by atoms with Crippen molar-refractivity contribution in [3.05, 3.63) is 0 Å². The second-order valence-corrected chi connectivity index (χ2v) is 6.57. The maximum absolute atomic E-state index is 11.3. The number of carbonyl (C=O) groups excluding carboxylic acids is 1. The quantitative estimate of drug-likeness (QED) is 0.607. The fraction of sp³-hybridized carbons (Fsp3) is 0.929. The van der Waals surface area contributed by atoms with Crippen molar-refractivity contribution in [2.24, 2.45) is 17.3 Å². The number of cyclic esters (lactones) is 1. The van der Waals surface area contributed by atoms with Crippen molar-refractivity contribution in [3.8, 4) is 0 Å². The van der Waals surface area contributed by atoms with Crippen LogP contribution in [0.25, 0.3) is 0 Å². The Labute approximate surface area is 110 Å². The normalized spacial score (nSPS) is 24.2. The fourth-order valence-corrected chi connectivity index (χ4v) is 2.27. The van der Waals surface area contributed by atoms with E-state index in [1.165, 1.54) is 0 Å². The molecular weight excluding hydrogens is 232 g/mol. The van der Waals surface area contributed by atoms with Crippen LogP contribution in [0.4, 0.5) is 0 Å². The molecule has 1 heterocycles. The van der Waals surface area contributed by atoms with E-state index in [1.807, 2.05) is 0 Å². The highest BCUT2D eigenvalue weighted by Gasteiger charge is 2.37. The minimum absolute atomic E-state index is 0.00546. The third-order valence-electron chi connectivity index (χ3n) is 3.37. The van der Waals surface area contributed by atoms with Gasteiger partial charge in [0.1, 0.15) is 0 Å². The van der Waals surface area contributed by atoms with Crippen LogP contribution in [0.3, 0.4) is 0 Å². The van der Waals surface area contributed by atoms with E-state index in [0.717, 1.165) is 6.42 Å². The Morgan fingerprint density at radius 3 is 2.44 bits per heavy atom. The summed E-state index contributed by atoms with van der Waals surface area (Å²) in [6.45, 7) is 10.9. The predicted molar refractivity (Wildman–Crippen MR) is 68.9 cm³/mol. The van der Waals surface area contributed by atoms with E-state index < -0.39 is 12.4 Å². The molecular formula is C14H26O4. The van der Waals surface area contributed by atoms with Gasteiger partial charge in [-0.3, -0.25) is 0 Å². The predicted octanol–water partition coefficient (Wildman–Crippen LogP) is 2.35. The molecule has 0 radical (unpaired) electrons. The molecule has 3 atom stereocenters. The number of hydrogen-bond donors (Lipinski definition) is 1. The Balaban J connectivity index is 2.64. The molecule has 0 spiro atoms. The van der Waals surface area contributed by atoms with Crippen LogP contribution in [0.5, 0.6) is 0 Å². The number of carbonyl (C=O) groups is 1. The molecule has 0 bridgehead atoms. The minimum atomic E-state index is -0.914. The second kappa shape index (κ2) is 6.02. The Hall–Kier alpha value is -0.610. The molecule has 1 aliphatic heterocycles. The molecule has 4 nitrogen and oxygen atoms in total. The number of ether oxygens (including phenoxy) is 2. The van der Waals surface area contributed by atoms with Crippen LogP contribution < -0.4 is 0 Å². The summed E-state index contributed by atoms with van der Waals surface area (Å²) in [6, 6.07) is 0. The van der Waals surface area contributed by atoms with Crippen molar-refractivity contribution >= 4 is 5.97 Å². The highest BCUT2D eigenvalue weighted by molar-refractivity contribution is 5.76. The smallest absolute Gasteiger partial charge is 0.335 e. The zero-order valence-electron chi connectivity index (χ0n) is 12.1. The third-order valence-corrected chi connectivity index (χ3v) is 3.37. The summed E-state index contributed by atoms with van der Waals surface area (Å²) in [5, 5.41) is 10.2. The molecule has 0 aromatic rings. The molecule has 1 N–H and O–H groups in total. The van der Waals surface area contributed by atoms with Crippen molar-refractivity contribution < 1.29 is 19.4 Å². The first kappa shape index (κ1) is 15.4. The van der Waals surface area contributed by atoms with Gasteiger partial charge in [-0.2, -0.15) is 0 Å². The number of rotatable bonds is 5. The van der Waals surface area contributed by atoms with Gasteiger partial charge in [-0.1, -0.05) is 34.6 Å². The van der Waals surface area contributed by atoms with E-state index in [-0.39, 0.29) is 17.3 Å². The van der Waals surface area contributed by atoms with Crippen LogP contribution in [0.15, 0.2) is 0 Å². The molecule has 1 aliphatic rings. The number of aliphatic hydroxyl groups is 1. The van der Waals surface area contributed by atoms with E-state index in [4.69, 9.17) is 9.47 Å². The van der Waals surface area contributed by atoms with Crippen LogP contribution in [-0.4, -0.2) is 30.1 Å². The molecule has 0 aromatic heterocycles. The number of esters is 1. The largest absolute Gasteiger partial charge is 0.464 e. The molecule has 1 rings (SSSR count). The van der Waals surface area contributed by atoms with Gasteiger partial charge in [0.15, 0.2) is 12.4 Å². The van der Waals surface area contributed by atoms with Gasteiger partial charge in [-0.25, -0.2) is 4.79 Å². The molecule has 106 valence electrons. The third kappa shape index (κ3) is 4.25. The van der Waals surface area contributed by atoms with Gasteiger partial charge >= 0.3 is 5.97 Å². The highest BCUT2D eigenvalue weighted by Crippen LogP contribution is 2.35. The topological polar surface area (TPSA) is 55.8 Å². The van der Waals surface area contributed by atoms with Crippen LogP contribution in [-0.2, 0) is 14.3 Å². The number of hydrogen-bond acceptors (Lipinski definition) is 4. The number of aliphatic hydroxyl groups excluding tert-OH is 1. The van der Waals surface area contributed by atoms with Gasteiger partial charge in [-0.05, 0) is 17.8 Å². The molecule has 0 saturated carbocycles. The molecule has 1 saturated heterocycles. The fourth-order valence-electron chi connectivity index (χ4n) is 2.27. The average molecular weight is 258 g/mol. The Morgan fingerprint density at radius 2 is 2.06 bits per heavy atom. The first-order valence-electron chi connectivity index (χ1n) is 6.72. The van der Waals surface area contributed by atoms with Gasteiger partial charge in [0.05, 0.1) is 6.61 Å². The second-order valence-electron chi connectivity index (χ2n) is 6.57. The summed E-state index contributed by atoms with van der Waals surface area (Å²) >= 11 is 0. The summed E-state index contributed by atoms with van der Waals surface area (Å²) in [7, 11) is 0. The standard InChI is InChI=1S/C14H26O4/c1-9(2)8-10(14(3,4)5)12(15)18-11-6-7-17-13(11)16/h9-12,15H,6-8H2,1-5H3/t10?,11?,12-/m1/s1. The van der Waals surface area contributed by atoms with Crippen molar-refractivity contribution in [3.63, 3.8) is 0 Å². The van der Waals surface area contributed by atoms with Crippen LogP contribution in [0.2, 0.25) is 0 Å². The van der Waals surface area contributed by atoms with E-state index in [0.29, 0.717) is 18.9 Å². The lowest BCUT2D eigenvalue weighted by atomic mass is 9.76. The Bertz CT molecular complexity index is 280. The molecule has 0 amide bonds. The first-order valence-corrected chi connectivity index (χ1v) is 6.72. The van der Waals surface area contributed by atoms with Gasteiger partial charge < -0.3 is 14.6 Å². The zero-order chi connectivity index (χ0) is 13.9. The van der Waals surface area contributed by atoms with Gasteiger partial charge in [0.2, 0.25) is 0 Å². The molecule has 1 fully saturated rings. The maximum Gasteiger partial charge on any atom is 0.335 e. The first-order chi connectivity index (χ1) is 8.21. The summed E-state index contributed by atoms with van der Waals surface area (Å²) in [5.41, 5.74) is -0.0633. The summed E-state index contributed by atoms with van der Waals surface area (Å²) in [4.78, 5) is 11.3. The minimum Gasteiger partial charge on any atom is -0.464 e. The average Bonchev–Trinajstić information content (AvgIpc) is 2.59. The molecule has 0 aromatic carbocycles. The van der Waals surface area contributed by atoms with Crippen molar-refractivity contribution in [2.75, 3.05) is 6.61 Å². The van der Waals surface area contributed by atoms with Gasteiger partial charge in [0, 0.05) is 12.3 Å². The molecule has 2 unspecified atom stereocenters. The maximum atomic E-state index is 11.3. The van der Waals surface area contributed by atoms with Gasteiger partial charge in [0.25, 0.3) is 0 Å². The lowest BCUT2D eigenvalue weighted by Crippen LogP contribution is -2.38. The summed E-state index contributed by atoms with van der Waals surface area (Å²) < 4.78 is 10.3. The van der Waals surface area contributed by atoms with Crippen molar-refractivity contribution in [1.82, 2.24) is 0 Å². The van der Waals surface area contributed by atoms with E-state index in [1.54, 1.807) is 0 Å². The SMILES string of the molecule is CC(C)CC([C@H](O)OC1CCOC1=O)C(C)(C)C. The van der Waals surface area contributed by atoms with Crippen molar-refractivity contribution in [2.45, 2.75) is 59.9 Å². The van der Waals surface area contributed by atoms with E-state index >= 15 is 0 Å². The monoisotopic (exact) mass is 258 g/mol. The Kier molecular flexibility index (Phi) is 5.17. The summed E-state index contributed by atoms with van der Waals surface area (Å²) in [5.74, 6) is 0.125. The molecule has 18 heavy (non-hydrogen) atoms. The Morgan fingerprint density at radius 1 is 1.44 bits per heavy atom. The summed E-state index contributed by atoms with van der Waals surface area (Å²) in [6.07, 6.45) is -0.110. The lowest BCUT2D eigenvalue weighted by molar-refractivity contribution is -0.194.